The van der Waals surface area contributed by atoms with Crippen LogP contribution < -0.4 is 0 Å². The lowest BCUT2D eigenvalue weighted by Crippen LogP contribution is -2.33. The van der Waals surface area contributed by atoms with Crippen molar-refractivity contribution >= 4 is 45.1 Å². The SMILES string of the molecule is O=C(CSc1ncnc2c(-c3ccc([N+](=O)[O-])cc3)nsc12)N1CCCCCC1. The number of likely N-dealkylation sites (tertiary alicyclic amines) is 1. The van der Waals surface area contributed by atoms with E-state index in [4.69, 9.17) is 0 Å². The van der Waals surface area contributed by atoms with Crippen LogP contribution in [0.2, 0.25) is 0 Å². The van der Waals surface area contributed by atoms with Crippen molar-refractivity contribution < 1.29 is 9.72 Å². The molecule has 3 aromatic rings. The lowest BCUT2D eigenvalue weighted by atomic mass is 10.1. The van der Waals surface area contributed by atoms with Crippen molar-refractivity contribution in [3.63, 3.8) is 0 Å². The van der Waals surface area contributed by atoms with E-state index in [2.05, 4.69) is 14.3 Å². The molecule has 0 bridgehead atoms. The monoisotopic (exact) mass is 429 g/mol. The van der Waals surface area contributed by atoms with E-state index in [1.807, 2.05) is 4.90 Å². The minimum atomic E-state index is -0.429. The first-order valence-corrected chi connectivity index (χ1v) is 11.1. The molecule has 0 spiro atoms. The summed E-state index contributed by atoms with van der Waals surface area (Å²) in [5.74, 6) is 0.487. The number of non-ortho nitro benzene ring substituents is 1. The van der Waals surface area contributed by atoms with Crippen LogP contribution in [0.3, 0.4) is 0 Å². The van der Waals surface area contributed by atoms with Gasteiger partial charge < -0.3 is 4.90 Å². The number of carbonyl (C=O) groups excluding carboxylic acids is 1. The van der Waals surface area contributed by atoms with Crippen molar-refractivity contribution in [2.75, 3.05) is 18.8 Å². The van der Waals surface area contributed by atoms with Gasteiger partial charge >= 0.3 is 0 Å². The van der Waals surface area contributed by atoms with Crippen LogP contribution in [-0.4, -0.2) is 48.9 Å². The Morgan fingerprint density at radius 2 is 1.86 bits per heavy atom. The Hall–Kier alpha value is -2.59. The first-order valence-electron chi connectivity index (χ1n) is 9.39. The zero-order valence-corrected chi connectivity index (χ0v) is 17.2. The van der Waals surface area contributed by atoms with Crippen LogP contribution in [0.4, 0.5) is 5.69 Å². The van der Waals surface area contributed by atoms with Gasteiger partial charge in [-0.3, -0.25) is 14.9 Å². The van der Waals surface area contributed by atoms with Crippen molar-refractivity contribution in [2.24, 2.45) is 0 Å². The van der Waals surface area contributed by atoms with E-state index in [0.29, 0.717) is 17.0 Å². The van der Waals surface area contributed by atoms with E-state index in [-0.39, 0.29) is 11.6 Å². The summed E-state index contributed by atoms with van der Waals surface area (Å²) in [7, 11) is 0. The highest BCUT2D eigenvalue weighted by Gasteiger charge is 2.19. The fraction of sp³-hybridized carbons (Fsp3) is 0.368. The Bertz CT molecular complexity index is 1030. The van der Waals surface area contributed by atoms with Gasteiger partial charge in [-0.05, 0) is 36.5 Å². The van der Waals surface area contributed by atoms with Crippen molar-refractivity contribution in [2.45, 2.75) is 30.7 Å². The molecule has 1 aromatic carbocycles. The van der Waals surface area contributed by atoms with E-state index < -0.39 is 4.92 Å². The number of thioether (sulfide) groups is 1. The number of rotatable bonds is 5. The Morgan fingerprint density at radius 1 is 1.14 bits per heavy atom. The number of hydrogen-bond acceptors (Lipinski definition) is 8. The van der Waals surface area contributed by atoms with Crippen LogP contribution in [-0.2, 0) is 4.79 Å². The van der Waals surface area contributed by atoms with Crippen LogP contribution >= 0.6 is 23.3 Å². The van der Waals surface area contributed by atoms with Gasteiger partial charge in [0.15, 0.2) is 0 Å². The Labute approximate surface area is 175 Å². The largest absolute Gasteiger partial charge is 0.342 e. The quantitative estimate of drug-likeness (QED) is 0.260. The minimum absolute atomic E-state index is 0.0335. The number of fused-ring (bicyclic) bond motifs is 1. The fourth-order valence-corrected chi connectivity index (χ4v) is 5.14. The van der Waals surface area contributed by atoms with Gasteiger partial charge in [0.25, 0.3) is 5.69 Å². The average molecular weight is 430 g/mol. The topological polar surface area (TPSA) is 102 Å². The molecule has 1 aliphatic heterocycles. The van der Waals surface area contributed by atoms with Gasteiger partial charge in [0.1, 0.15) is 27.3 Å². The third-order valence-corrected chi connectivity index (χ3v) is 6.81. The summed E-state index contributed by atoms with van der Waals surface area (Å²) in [5, 5.41) is 11.6. The lowest BCUT2D eigenvalue weighted by Gasteiger charge is -2.19. The van der Waals surface area contributed by atoms with Gasteiger partial charge in [-0.15, -0.1) is 0 Å². The molecule has 0 atom stereocenters. The van der Waals surface area contributed by atoms with E-state index in [1.165, 1.54) is 54.6 Å². The van der Waals surface area contributed by atoms with Crippen molar-refractivity contribution in [1.82, 2.24) is 19.2 Å². The number of carbonyl (C=O) groups is 1. The summed E-state index contributed by atoms with van der Waals surface area (Å²) < 4.78 is 5.32. The molecule has 0 radical (unpaired) electrons. The van der Waals surface area contributed by atoms with Gasteiger partial charge in [-0.2, -0.15) is 4.37 Å². The molecule has 150 valence electrons. The van der Waals surface area contributed by atoms with Gasteiger partial charge in [0.2, 0.25) is 5.91 Å². The summed E-state index contributed by atoms with van der Waals surface area (Å²) >= 11 is 2.69. The van der Waals surface area contributed by atoms with Crippen LogP contribution in [0.5, 0.6) is 0 Å². The van der Waals surface area contributed by atoms with Crippen molar-refractivity contribution in [1.29, 1.82) is 0 Å². The van der Waals surface area contributed by atoms with E-state index >= 15 is 0 Å². The first-order chi connectivity index (χ1) is 14.1. The van der Waals surface area contributed by atoms with Gasteiger partial charge in [-0.25, -0.2) is 9.97 Å². The molecule has 3 heterocycles. The Morgan fingerprint density at radius 3 is 2.55 bits per heavy atom. The molecular weight excluding hydrogens is 410 g/mol. The summed E-state index contributed by atoms with van der Waals surface area (Å²) in [4.78, 5) is 33.7. The second-order valence-corrected chi connectivity index (χ2v) is 8.51. The summed E-state index contributed by atoms with van der Waals surface area (Å²) in [6.45, 7) is 1.67. The molecule has 1 fully saturated rings. The van der Waals surface area contributed by atoms with Gasteiger partial charge in [0.05, 0.1) is 10.7 Å². The van der Waals surface area contributed by atoms with Gasteiger partial charge in [0, 0.05) is 30.8 Å². The maximum atomic E-state index is 12.6. The predicted molar refractivity (Wildman–Crippen MR) is 113 cm³/mol. The second kappa shape index (κ2) is 8.83. The molecule has 10 heteroatoms. The highest BCUT2D eigenvalue weighted by atomic mass is 32.2. The number of nitrogens with zero attached hydrogens (tertiary/aromatic N) is 5. The minimum Gasteiger partial charge on any atom is -0.342 e. The van der Waals surface area contributed by atoms with E-state index in [0.717, 1.165) is 41.2 Å². The maximum absolute atomic E-state index is 12.6. The molecule has 8 nitrogen and oxygen atoms in total. The normalized spacial score (nSPS) is 14.7. The number of amides is 1. The molecule has 1 aliphatic rings. The molecule has 1 saturated heterocycles. The average Bonchev–Trinajstić information content (AvgIpc) is 2.98. The summed E-state index contributed by atoms with van der Waals surface area (Å²) in [5.41, 5.74) is 2.16. The number of hydrogen-bond donors (Lipinski definition) is 0. The standard InChI is InChI=1S/C19H19N5O3S2/c25-15(23-9-3-1-2-4-10-23)11-28-19-18-17(20-12-21-19)16(22-29-18)13-5-7-14(8-6-13)24(26)27/h5-8,12H,1-4,9-11H2. The zero-order chi connectivity index (χ0) is 20.2. The van der Waals surface area contributed by atoms with Crippen LogP contribution in [0.25, 0.3) is 21.5 Å². The van der Waals surface area contributed by atoms with Gasteiger partial charge in [-0.1, -0.05) is 24.6 Å². The molecule has 2 aromatic heterocycles. The first kappa shape index (κ1) is 19.7. The molecule has 1 amide bonds. The van der Waals surface area contributed by atoms with E-state index in [1.54, 1.807) is 12.1 Å². The molecule has 0 saturated carbocycles. The number of benzene rings is 1. The smallest absolute Gasteiger partial charge is 0.269 e. The molecule has 0 N–H and O–H groups in total. The zero-order valence-electron chi connectivity index (χ0n) is 15.6. The second-order valence-electron chi connectivity index (χ2n) is 6.78. The van der Waals surface area contributed by atoms with E-state index in [9.17, 15) is 14.9 Å². The lowest BCUT2D eigenvalue weighted by molar-refractivity contribution is -0.384. The fourth-order valence-electron chi connectivity index (χ4n) is 3.32. The van der Waals surface area contributed by atoms with Crippen LogP contribution in [0.15, 0.2) is 35.6 Å². The van der Waals surface area contributed by atoms with Crippen LogP contribution in [0, 0.1) is 10.1 Å². The number of nitro groups is 1. The maximum Gasteiger partial charge on any atom is 0.269 e. The highest BCUT2D eigenvalue weighted by Crippen LogP contribution is 2.35. The predicted octanol–water partition coefficient (Wildman–Crippen LogP) is 4.16. The Kier molecular flexibility index (Phi) is 6.00. The number of aromatic nitrogens is 3. The summed E-state index contributed by atoms with van der Waals surface area (Å²) in [6.07, 6.45) is 6.00. The molecule has 29 heavy (non-hydrogen) atoms. The Balaban J connectivity index is 1.52. The third kappa shape index (κ3) is 4.38. The summed E-state index contributed by atoms with van der Waals surface area (Å²) in [6, 6.07) is 6.25. The van der Waals surface area contributed by atoms with Crippen molar-refractivity contribution in [3.05, 3.63) is 40.7 Å². The highest BCUT2D eigenvalue weighted by molar-refractivity contribution is 8.00. The molecule has 0 unspecified atom stereocenters. The third-order valence-electron chi connectivity index (χ3n) is 4.87. The van der Waals surface area contributed by atoms with Crippen molar-refractivity contribution in [3.8, 4) is 11.3 Å². The molecule has 4 rings (SSSR count). The molecular formula is C19H19N5O3S2. The van der Waals surface area contributed by atoms with Crippen LogP contribution in [0.1, 0.15) is 25.7 Å². The molecule has 0 aliphatic carbocycles. The number of nitro benzene ring substituents is 1.